The zero-order chi connectivity index (χ0) is 22.0. The van der Waals surface area contributed by atoms with Gasteiger partial charge in [-0.1, -0.05) is 36.4 Å². The Bertz CT molecular complexity index is 1120. The standard InChI is InChI=1S/C25H22N2O4/c1-26(15-17-10-12-20(31-2)13-11-17)23(28)19-7-5-6-18(14-19)16-27-24(29)21-8-3-4-9-22(21)25(27)30/h3-14H,15-16H2,1-2H3. The monoisotopic (exact) mass is 414 g/mol. The number of hydrogen-bond acceptors (Lipinski definition) is 4. The van der Waals surface area contributed by atoms with E-state index in [1.807, 2.05) is 30.3 Å². The summed E-state index contributed by atoms with van der Waals surface area (Å²) in [7, 11) is 3.35. The van der Waals surface area contributed by atoms with Crippen LogP contribution < -0.4 is 4.74 Å². The Hall–Kier alpha value is -3.93. The van der Waals surface area contributed by atoms with Gasteiger partial charge in [-0.05, 0) is 47.5 Å². The summed E-state index contributed by atoms with van der Waals surface area (Å²) in [6, 6.07) is 21.4. The first-order valence-corrected chi connectivity index (χ1v) is 9.90. The number of benzene rings is 3. The number of methoxy groups -OCH3 is 1. The molecular weight excluding hydrogens is 392 g/mol. The average Bonchev–Trinajstić information content (AvgIpc) is 3.04. The van der Waals surface area contributed by atoms with E-state index in [2.05, 4.69) is 0 Å². The Morgan fingerprint density at radius 3 is 2.13 bits per heavy atom. The Morgan fingerprint density at radius 2 is 1.52 bits per heavy atom. The summed E-state index contributed by atoms with van der Waals surface area (Å²) < 4.78 is 5.16. The third-order valence-corrected chi connectivity index (χ3v) is 5.32. The normalized spacial score (nSPS) is 12.6. The lowest BCUT2D eigenvalue weighted by Gasteiger charge is -2.19. The van der Waals surface area contributed by atoms with E-state index in [1.165, 1.54) is 4.90 Å². The highest BCUT2D eigenvalue weighted by Crippen LogP contribution is 2.24. The molecule has 31 heavy (non-hydrogen) atoms. The second-order valence-corrected chi connectivity index (χ2v) is 7.45. The molecule has 0 bridgehead atoms. The molecule has 0 aromatic heterocycles. The summed E-state index contributed by atoms with van der Waals surface area (Å²) in [6.45, 7) is 0.571. The molecule has 6 heteroatoms. The minimum atomic E-state index is -0.311. The van der Waals surface area contributed by atoms with E-state index in [0.717, 1.165) is 16.9 Å². The van der Waals surface area contributed by atoms with Crippen molar-refractivity contribution >= 4 is 17.7 Å². The van der Waals surface area contributed by atoms with Gasteiger partial charge in [0.1, 0.15) is 5.75 Å². The SMILES string of the molecule is COc1ccc(CN(C)C(=O)c2cccc(CN3C(=O)c4ccccc4C3=O)c2)cc1. The highest BCUT2D eigenvalue weighted by molar-refractivity contribution is 6.21. The zero-order valence-corrected chi connectivity index (χ0v) is 17.4. The first kappa shape index (κ1) is 20.3. The summed E-state index contributed by atoms with van der Waals surface area (Å²) >= 11 is 0. The van der Waals surface area contributed by atoms with Gasteiger partial charge in [-0.15, -0.1) is 0 Å². The van der Waals surface area contributed by atoms with Gasteiger partial charge < -0.3 is 9.64 Å². The molecule has 0 N–H and O–H groups in total. The third kappa shape index (κ3) is 4.05. The summed E-state index contributed by atoms with van der Waals surface area (Å²) in [5.74, 6) is 0.00141. The lowest BCUT2D eigenvalue weighted by Crippen LogP contribution is -2.29. The van der Waals surface area contributed by atoms with Crippen LogP contribution in [0.15, 0.2) is 72.8 Å². The summed E-state index contributed by atoms with van der Waals surface area (Å²) in [5.41, 5.74) is 3.04. The molecule has 3 amide bonds. The third-order valence-electron chi connectivity index (χ3n) is 5.32. The Kier molecular flexibility index (Phi) is 5.54. The maximum atomic E-state index is 12.9. The highest BCUT2D eigenvalue weighted by atomic mass is 16.5. The topological polar surface area (TPSA) is 66.9 Å². The molecule has 0 saturated carbocycles. The summed E-state index contributed by atoms with van der Waals surface area (Å²) in [5, 5.41) is 0. The van der Waals surface area contributed by atoms with E-state index in [0.29, 0.717) is 23.2 Å². The van der Waals surface area contributed by atoms with Gasteiger partial charge in [0.2, 0.25) is 0 Å². The minimum Gasteiger partial charge on any atom is -0.497 e. The van der Waals surface area contributed by atoms with Crippen LogP contribution in [0, 0.1) is 0 Å². The van der Waals surface area contributed by atoms with E-state index >= 15 is 0 Å². The van der Waals surface area contributed by atoms with E-state index in [9.17, 15) is 14.4 Å². The Labute approximate surface area is 180 Å². The van der Waals surface area contributed by atoms with E-state index < -0.39 is 0 Å². The average molecular weight is 414 g/mol. The smallest absolute Gasteiger partial charge is 0.261 e. The first-order valence-electron chi connectivity index (χ1n) is 9.90. The first-order chi connectivity index (χ1) is 15.0. The molecule has 1 aliphatic heterocycles. The quantitative estimate of drug-likeness (QED) is 0.576. The maximum Gasteiger partial charge on any atom is 0.261 e. The molecule has 3 aromatic rings. The van der Waals surface area contributed by atoms with Crippen molar-refractivity contribution in [1.29, 1.82) is 0 Å². The molecule has 0 aliphatic carbocycles. The maximum absolute atomic E-state index is 12.9. The number of carbonyl (C=O) groups excluding carboxylic acids is 3. The fourth-order valence-electron chi connectivity index (χ4n) is 3.67. The predicted octanol–water partition coefficient (Wildman–Crippen LogP) is 3.76. The fraction of sp³-hybridized carbons (Fsp3) is 0.160. The van der Waals surface area contributed by atoms with Crippen LogP contribution in [0.3, 0.4) is 0 Å². The van der Waals surface area contributed by atoms with Crippen LogP contribution in [0.25, 0.3) is 0 Å². The van der Waals surface area contributed by atoms with Gasteiger partial charge in [-0.3, -0.25) is 19.3 Å². The van der Waals surface area contributed by atoms with Gasteiger partial charge in [0.15, 0.2) is 0 Å². The van der Waals surface area contributed by atoms with Crippen LogP contribution in [0.1, 0.15) is 42.2 Å². The number of hydrogen-bond donors (Lipinski definition) is 0. The van der Waals surface area contributed by atoms with Crippen LogP contribution in [0.5, 0.6) is 5.75 Å². The Morgan fingerprint density at radius 1 is 0.871 bits per heavy atom. The molecule has 0 fully saturated rings. The Balaban J connectivity index is 1.47. The summed E-state index contributed by atoms with van der Waals surface area (Å²) in [6.07, 6.45) is 0. The number of amides is 3. The molecule has 0 unspecified atom stereocenters. The molecule has 0 radical (unpaired) electrons. The van der Waals surface area contributed by atoms with Crippen molar-refractivity contribution in [3.05, 3.63) is 101 Å². The summed E-state index contributed by atoms with van der Waals surface area (Å²) in [4.78, 5) is 41.0. The molecule has 1 aliphatic rings. The van der Waals surface area contributed by atoms with Gasteiger partial charge in [0, 0.05) is 19.2 Å². The van der Waals surface area contributed by atoms with Crippen molar-refractivity contribution in [1.82, 2.24) is 9.80 Å². The second-order valence-electron chi connectivity index (χ2n) is 7.45. The molecule has 0 atom stereocenters. The van der Waals surface area contributed by atoms with E-state index in [1.54, 1.807) is 61.5 Å². The van der Waals surface area contributed by atoms with Crippen LogP contribution >= 0.6 is 0 Å². The molecule has 156 valence electrons. The van der Waals surface area contributed by atoms with Gasteiger partial charge in [0.25, 0.3) is 17.7 Å². The van der Waals surface area contributed by atoms with E-state index in [4.69, 9.17) is 4.74 Å². The molecular formula is C25H22N2O4. The van der Waals surface area contributed by atoms with Crippen molar-refractivity contribution < 1.29 is 19.1 Å². The van der Waals surface area contributed by atoms with Crippen LogP contribution in [-0.4, -0.2) is 41.7 Å². The molecule has 0 spiro atoms. The van der Waals surface area contributed by atoms with Gasteiger partial charge in [0.05, 0.1) is 24.8 Å². The van der Waals surface area contributed by atoms with Crippen molar-refractivity contribution in [3.63, 3.8) is 0 Å². The molecule has 0 saturated heterocycles. The van der Waals surface area contributed by atoms with Crippen molar-refractivity contribution in [2.75, 3.05) is 14.2 Å². The lowest BCUT2D eigenvalue weighted by atomic mass is 10.1. The molecule has 6 nitrogen and oxygen atoms in total. The second kappa shape index (κ2) is 8.44. The molecule has 3 aromatic carbocycles. The lowest BCUT2D eigenvalue weighted by molar-refractivity contribution is 0.0642. The van der Waals surface area contributed by atoms with Crippen LogP contribution in [0.4, 0.5) is 0 Å². The number of carbonyl (C=O) groups is 3. The number of rotatable bonds is 6. The van der Waals surface area contributed by atoms with Gasteiger partial charge in [-0.25, -0.2) is 0 Å². The number of nitrogens with zero attached hydrogens (tertiary/aromatic N) is 2. The predicted molar refractivity (Wildman–Crippen MR) is 116 cm³/mol. The van der Waals surface area contributed by atoms with Crippen molar-refractivity contribution in [2.24, 2.45) is 0 Å². The molecule has 1 heterocycles. The van der Waals surface area contributed by atoms with Crippen LogP contribution in [0.2, 0.25) is 0 Å². The minimum absolute atomic E-state index is 0.121. The van der Waals surface area contributed by atoms with E-state index in [-0.39, 0.29) is 24.3 Å². The fourth-order valence-corrected chi connectivity index (χ4v) is 3.67. The van der Waals surface area contributed by atoms with Crippen LogP contribution in [-0.2, 0) is 13.1 Å². The largest absolute Gasteiger partial charge is 0.497 e. The van der Waals surface area contributed by atoms with Crippen molar-refractivity contribution in [2.45, 2.75) is 13.1 Å². The van der Waals surface area contributed by atoms with Gasteiger partial charge >= 0.3 is 0 Å². The van der Waals surface area contributed by atoms with Crippen molar-refractivity contribution in [3.8, 4) is 5.75 Å². The molecule has 4 rings (SSSR count). The van der Waals surface area contributed by atoms with Gasteiger partial charge in [-0.2, -0.15) is 0 Å². The number of fused-ring (bicyclic) bond motifs is 1. The highest BCUT2D eigenvalue weighted by Gasteiger charge is 2.35. The number of ether oxygens (including phenoxy) is 1. The zero-order valence-electron chi connectivity index (χ0n) is 17.4. The number of imide groups is 1.